The smallest absolute Gasteiger partial charge is 0.0486 e. The lowest BCUT2D eigenvalue weighted by Crippen LogP contribution is -2.37. The van der Waals surface area contributed by atoms with E-state index in [2.05, 4.69) is 19.6 Å². The lowest BCUT2D eigenvalue weighted by molar-refractivity contribution is -0.0235. The van der Waals surface area contributed by atoms with Gasteiger partial charge < -0.3 is 4.74 Å². The van der Waals surface area contributed by atoms with Gasteiger partial charge in [0.15, 0.2) is 0 Å². The quantitative estimate of drug-likeness (QED) is 0.539. The standard InChI is InChI=1S/C9H20OSSi/c1-8(11)4-6-9(12)5-2-3-7-10-9/h8,11H,2-7H2,1,12H3. The molecule has 0 aromatic carbocycles. The van der Waals surface area contributed by atoms with Crippen LogP contribution in [0, 0.1) is 0 Å². The molecule has 0 N–H and O–H groups in total. The van der Waals surface area contributed by atoms with Crippen LogP contribution in [0.3, 0.4) is 0 Å². The number of rotatable bonds is 3. The minimum atomic E-state index is 0.301. The Morgan fingerprint density at radius 1 is 1.58 bits per heavy atom. The maximum Gasteiger partial charge on any atom is 0.0486 e. The lowest BCUT2D eigenvalue weighted by atomic mass is 10.0. The molecule has 1 heterocycles. The van der Waals surface area contributed by atoms with E-state index in [1.54, 1.807) is 0 Å². The second-order valence-corrected chi connectivity index (χ2v) is 6.85. The van der Waals surface area contributed by atoms with Gasteiger partial charge in [0, 0.05) is 22.1 Å². The Hall–Kier alpha value is 0.527. The van der Waals surface area contributed by atoms with Crippen molar-refractivity contribution in [3.63, 3.8) is 0 Å². The summed E-state index contributed by atoms with van der Waals surface area (Å²) in [6, 6.07) is 0. The average molecular weight is 204 g/mol. The highest BCUT2D eigenvalue weighted by molar-refractivity contribution is 7.80. The predicted molar refractivity (Wildman–Crippen MR) is 60.2 cm³/mol. The Kier molecular flexibility index (Phi) is 4.13. The molecule has 2 unspecified atom stereocenters. The summed E-state index contributed by atoms with van der Waals surface area (Å²) in [6.07, 6.45) is 6.35. The Balaban J connectivity index is 2.26. The van der Waals surface area contributed by atoms with Gasteiger partial charge in [0.25, 0.3) is 0 Å². The summed E-state index contributed by atoms with van der Waals surface area (Å²) in [5.74, 6) is 0. The summed E-state index contributed by atoms with van der Waals surface area (Å²) in [4.78, 5) is 0. The number of thiol groups is 1. The first-order valence-electron chi connectivity index (χ1n) is 4.94. The normalized spacial score (nSPS) is 33.5. The minimum Gasteiger partial charge on any atom is -0.380 e. The van der Waals surface area contributed by atoms with Gasteiger partial charge in [-0.2, -0.15) is 12.6 Å². The van der Waals surface area contributed by atoms with Crippen LogP contribution in [0.1, 0.15) is 39.0 Å². The van der Waals surface area contributed by atoms with Gasteiger partial charge in [-0.25, -0.2) is 0 Å². The molecular formula is C9H20OSSi. The van der Waals surface area contributed by atoms with Gasteiger partial charge in [-0.1, -0.05) is 6.92 Å². The van der Waals surface area contributed by atoms with Crippen molar-refractivity contribution in [2.75, 3.05) is 6.61 Å². The molecule has 2 atom stereocenters. The van der Waals surface area contributed by atoms with Crippen LogP contribution in [0.15, 0.2) is 0 Å². The van der Waals surface area contributed by atoms with Gasteiger partial charge in [0.1, 0.15) is 0 Å². The van der Waals surface area contributed by atoms with Crippen LogP contribution in [0.5, 0.6) is 0 Å². The number of hydrogen-bond donors (Lipinski definition) is 1. The van der Waals surface area contributed by atoms with E-state index in [1.165, 1.54) is 42.3 Å². The topological polar surface area (TPSA) is 9.23 Å². The van der Waals surface area contributed by atoms with Gasteiger partial charge in [-0.15, -0.1) is 0 Å². The molecule has 1 aliphatic heterocycles. The largest absolute Gasteiger partial charge is 0.380 e. The number of ether oxygens (including phenoxy) is 1. The number of hydrogen-bond acceptors (Lipinski definition) is 2. The maximum atomic E-state index is 5.84. The SMILES string of the molecule is CC(S)CCC1([SiH3])CCCCO1. The van der Waals surface area contributed by atoms with Gasteiger partial charge in [0.2, 0.25) is 0 Å². The third-order valence-corrected chi connectivity index (χ3v) is 4.19. The van der Waals surface area contributed by atoms with E-state index in [1.807, 2.05) is 0 Å². The molecular weight excluding hydrogens is 184 g/mol. The molecule has 0 bridgehead atoms. The molecule has 0 aromatic rings. The Morgan fingerprint density at radius 2 is 2.33 bits per heavy atom. The van der Waals surface area contributed by atoms with Gasteiger partial charge in [-0.3, -0.25) is 0 Å². The monoisotopic (exact) mass is 204 g/mol. The first-order chi connectivity index (χ1) is 5.62. The molecule has 3 heteroatoms. The first-order valence-corrected chi connectivity index (χ1v) is 6.46. The Bertz CT molecular complexity index is 132. The minimum absolute atomic E-state index is 0.301. The molecule has 0 aliphatic carbocycles. The van der Waals surface area contributed by atoms with E-state index >= 15 is 0 Å². The third kappa shape index (κ3) is 3.50. The Labute approximate surface area is 84.1 Å². The van der Waals surface area contributed by atoms with Gasteiger partial charge in [0.05, 0.1) is 0 Å². The van der Waals surface area contributed by atoms with Crippen LogP contribution in [0.25, 0.3) is 0 Å². The first kappa shape index (κ1) is 10.6. The zero-order valence-electron chi connectivity index (χ0n) is 8.18. The van der Waals surface area contributed by atoms with Crippen molar-refractivity contribution < 1.29 is 4.74 Å². The van der Waals surface area contributed by atoms with Gasteiger partial charge in [-0.05, 0) is 37.4 Å². The zero-order chi connectivity index (χ0) is 9.03. The predicted octanol–water partition coefficient (Wildman–Crippen LogP) is 1.35. The van der Waals surface area contributed by atoms with Crippen molar-refractivity contribution in [1.82, 2.24) is 0 Å². The summed E-state index contributed by atoms with van der Waals surface area (Å²) in [5.41, 5.74) is 0. The second-order valence-electron chi connectivity index (χ2n) is 4.14. The van der Waals surface area contributed by atoms with Crippen LogP contribution >= 0.6 is 12.6 Å². The van der Waals surface area contributed by atoms with Crippen LogP contribution in [-0.4, -0.2) is 27.3 Å². The fourth-order valence-corrected chi connectivity index (χ4v) is 2.68. The molecule has 1 nitrogen and oxygen atoms in total. The summed E-state index contributed by atoms with van der Waals surface area (Å²) < 4.78 is 5.84. The van der Waals surface area contributed by atoms with Crippen molar-refractivity contribution in [1.29, 1.82) is 0 Å². The molecule has 0 radical (unpaired) electrons. The molecule has 1 aliphatic rings. The fraction of sp³-hybridized carbons (Fsp3) is 1.00. The molecule has 0 amide bonds. The van der Waals surface area contributed by atoms with Crippen molar-refractivity contribution >= 4 is 22.9 Å². The maximum absolute atomic E-state index is 5.84. The summed E-state index contributed by atoms with van der Waals surface area (Å²) in [5, 5.41) is 0.830. The average Bonchev–Trinajstić information content (AvgIpc) is 2.03. The molecule has 1 saturated heterocycles. The van der Waals surface area contributed by atoms with Crippen molar-refractivity contribution in [3.8, 4) is 0 Å². The van der Waals surface area contributed by atoms with E-state index in [-0.39, 0.29) is 0 Å². The fourth-order valence-electron chi connectivity index (χ4n) is 1.70. The highest BCUT2D eigenvalue weighted by Crippen LogP contribution is 2.27. The molecule has 12 heavy (non-hydrogen) atoms. The molecule has 0 saturated carbocycles. The highest BCUT2D eigenvalue weighted by atomic mass is 32.1. The van der Waals surface area contributed by atoms with E-state index in [0.717, 1.165) is 6.61 Å². The lowest BCUT2D eigenvalue weighted by Gasteiger charge is -2.34. The molecule has 0 aromatic heterocycles. The highest BCUT2D eigenvalue weighted by Gasteiger charge is 2.27. The second kappa shape index (κ2) is 4.68. The molecule has 1 fully saturated rings. The van der Waals surface area contributed by atoms with E-state index in [9.17, 15) is 0 Å². The van der Waals surface area contributed by atoms with E-state index in [0.29, 0.717) is 10.5 Å². The Morgan fingerprint density at radius 3 is 2.83 bits per heavy atom. The van der Waals surface area contributed by atoms with Crippen molar-refractivity contribution in [2.24, 2.45) is 0 Å². The van der Waals surface area contributed by atoms with Crippen LogP contribution in [0.4, 0.5) is 0 Å². The zero-order valence-corrected chi connectivity index (χ0v) is 11.1. The van der Waals surface area contributed by atoms with E-state index < -0.39 is 0 Å². The summed E-state index contributed by atoms with van der Waals surface area (Å²) in [6.45, 7) is 3.15. The van der Waals surface area contributed by atoms with E-state index in [4.69, 9.17) is 4.74 Å². The van der Waals surface area contributed by atoms with Crippen LogP contribution in [-0.2, 0) is 4.74 Å². The third-order valence-electron chi connectivity index (χ3n) is 2.64. The van der Waals surface area contributed by atoms with Crippen molar-refractivity contribution in [3.05, 3.63) is 0 Å². The van der Waals surface area contributed by atoms with Crippen LogP contribution < -0.4 is 0 Å². The van der Waals surface area contributed by atoms with Gasteiger partial charge >= 0.3 is 0 Å². The summed E-state index contributed by atoms with van der Waals surface area (Å²) in [7, 11) is 1.18. The van der Waals surface area contributed by atoms with Crippen molar-refractivity contribution in [2.45, 2.75) is 49.5 Å². The van der Waals surface area contributed by atoms with Crippen LogP contribution in [0.2, 0.25) is 0 Å². The summed E-state index contributed by atoms with van der Waals surface area (Å²) >= 11 is 4.39. The molecule has 72 valence electrons. The molecule has 1 rings (SSSR count). The molecule has 0 spiro atoms.